The molecule has 3 aromatic rings. The summed E-state index contributed by atoms with van der Waals surface area (Å²) >= 11 is 0. The Labute approximate surface area is 211 Å². The number of ether oxygens (including phenoxy) is 1. The van der Waals surface area contributed by atoms with Crippen LogP contribution in [0, 0.1) is 5.92 Å². The number of anilines is 1. The van der Waals surface area contributed by atoms with Crippen LogP contribution < -0.4 is 10.9 Å². The number of likely N-dealkylation sites (tertiary alicyclic amines) is 1. The Hall–Kier alpha value is -3.71. The predicted molar refractivity (Wildman–Crippen MR) is 140 cm³/mol. The maximum absolute atomic E-state index is 13.5. The number of carbonyl (C=O) groups excluding carboxylic acids is 2. The summed E-state index contributed by atoms with van der Waals surface area (Å²) < 4.78 is 6.12. The average Bonchev–Trinajstić information content (AvgIpc) is 2.91. The van der Waals surface area contributed by atoms with E-state index in [9.17, 15) is 14.4 Å². The number of esters is 1. The third-order valence-corrected chi connectivity index (χ3v) is 6.81. The minimum absolute atomic E-state index is 0.0637. The van der Waals surface area contributed by atoms with Gasteiger partial charge in [-0.25, -0.2) is 0 Å². The molecule has 0 spiro atoms. The number of pyridine rings is 1. The number of Topliss-reactive ketones (excluding diaryl/α,β-unsaturated/α-hetero) is 1. The van der Waals surface area contributed by atoms with Crippen LogP contribution in [0.2, 0.25) is 0 Å². The molecule has 0 aliphatic carbocycles. The molecule has 1 fully saturated rings. The topological polar surface area (TPSA) is 91.5 Å². The van der Waals surface area contributed by atoms with Crippen molar-refractivity contribution in [3.8, 4) is 0 Å². The molecule has 7 nitrogen and oxygen atoms in total. The third-order valence-electron chi connectivity index (χ3n) is 6.81. The Morgan fingerprint density at radius 1 is 1.06 bits per heavy atom. The summed E-state index contributed by atoms with van der Waals surface area (Å²) in [5.74, 6) is -0.643. The lowest BCUT2D eigenvalue weighted by molar-refractivity contribution is -0.156. The van der Waals surface area contributed by atoms with Gasteiger partial charge in [-0.3, -0.25) is 19.3 Å². The van der Waals surface area contributed by atoms with Crippen LogP contribution in [0.1, 0.15) is 41.6 Å². The molecule has 2 aromatic carbocycles. The van der Waals surface area contributed by atoms with E-state index >= 15 is 0 Å². The van der Waals surface area contributed by atoms with Crippen LogP contribution in [-0.4, -0.2) is 53.9 Å². The van der Waals surface area contributed by atoms with Gasteiger partial charge in [-0.05, 0) is 43.0 Å². The first-order valence-corrected chi connectivity index (χ1v) is 12.5. The van der Waals surface area contributed by atoms with Gasteiger partial charge in [0.25, 0.3) is 0 Å². The van der Waals surface area contributed by atoms with Crippen molar-refractivity contribution in [1.29, 1.82) is 0 Å². The fourth-order valence-electron chi connectivity index (χ4n) is 4.68. The predicted octanol–water partition coefficient (Wildman–Crippen LogP) is 4.10. The number of hydrogen-bond acceptors (Lipinski definition) is 6. The molecule has 4 rings (SSSR count). The van der Waals surface area contributed by atoms with Gasteiger partial charge in [0, 0.05) is 36.6 Å². The van der Waals surface area contributed by atoms with Crippen LogP contribution in [0.4, 0.5) is 5.69 Å². The van der Waals surface area contributed by atoms with Crippen LogP contribution in [0.3, 0.4) is 0 Å². The first-order valence-electron chi connectivity index (χ1n) is 12.5. The molecule has 0 bridgehead atoms. The zero-order valence-electron chi connectivity index (χ0n) is 20.6. The van der Waals surface area contributed by atoms with Crippen LogP contribution >= 0.6 is 0 Å². The largest absolute Gasteiger partial charge is 0.460 e. The van der Waals surface area contributed by atoms with Gasteiger partial charge in [-0.1, -0.05) is 61.5 Å². The highest BCUT2D eigenvalue weighted by atomic mass is 16.5. The summed E-state index contributed by atoms with van der Waals surface area (Å²) in [6.45, 7) is 4.05. The fraction of sp³-hybridized carbons (Fsp3) is 0.345. The number of para-hydroxylation sites is 1. The second-order valence-corrected chi connectivity index (χ2v) is 9.24. The SMILES string of the molecule is CCC1CCN(CC(=O)c2ccccc2)CC1OC(=O)C(CNc1ccccc1)c1ccc(=O)[nH]c1. The minimum atomic E-state index is -0.596. The Bertz CT molecular complexity index is 1180. The molecule has 1 aliphatic rings. The smallest absolute Gasteiger partial charge is 0.315 e. The van der Waals surface area contributed by atoms with Crippen molar-refractivity contribution in [3.63, 3.8) is 0 Å². The number of piperidine rings is 1. The summed E-state index contributed by atoms with van der Waals surface area (Å²) in [4.78, 5) is 42.6. The van der Waals surface area contributed by atoms with Crippen molar-refractivity contribution >= 4 is 17.4 Å². The highest BCUT2D eigenvalue weighted by molar-refractivity contribution is 5.97. The first kappa shape index (κ1) is 25.4. The highest BCUT2D eigenvalue weighted by Gasteiger charge is 2.34. The Balaban J connectivity index is 1.46. The van der Waals surface area contributed by atoms with E-state index < -0.39 is 5.92 Å². The number of carbonyl (C=O) groups is 2. The van der Waals surface area contributed by atoms with Crippen molar-refractivity contribution < 1.29 is 14.3 Å². The monoisotopic (exact) mass is 487 g/mol. The van der Waals surface area contributed by atoms with Gasteiger partial charge < -0.3 is 15.0 Å². The molecule has 2 heterocycles. The molecule has 0 amide bonds. The van der Waals surface area contributed by atoms with E-state index in [0.29, 0.717) is 30.8 Å². The summed E-state index contributed by atoms with van der Waals surface area (Å²) in [5.41, 5.74) is 2.05. The van der Waals surface area contributed by atoms with Gasteiger partial charge in [0.1, 0.15) is 12.0 Å². The summed E-state index contributed by atoms with van der Waals surface area (Å²) in [6.07, 6.45) is 3.03. The summed E-state index contributed by atoms with van der Waals surface area (Å²) in [5, 5.41) is 3.31. The van der Waals surface area contributed by atoms with Gasteiger partial charge in [-0.15, -0.1) is 0 Å². The van der Waals surface area contributed by atoms with Crippen molar-refractivity contribution in [1.82, 2.24) is 9.88 Å². The quantitative estimate of drug-likeness (QED) is 0.331. The van der Waals surface area contributed by atoms with Crippen LogP contribution in [0.5, 0.6) is 0 Å². The van der Waals surface area contributed by atoms with Gasteiger partial charge in [0.15, 0.2) is 5.78 Å². The second kappa shape index (κ2) is 12.3. The first-order chi connectivity index (χ1) is 17.5. The maximum atomic E-state index is 13.5. The van der Waals surface area contributed by atoms with E-state index in [2.05, 4.69) is 22.1 Å². The standard InChI is InChI=1S/C29H33N3O4/c1-2-21-15-16-32(19-26(33)22-9-5-3-6-10-22)20-27(21)36-29(35)25(23-13-14-28(34)31-17-23)18-30-24-11-7-4-8-12-24/h3-14,17,21,25,27,30H,2,15-16,18-20H2,1H3,(H,31,34). The number of aromatic amines is 1. The van der Waals surface area contributed by atoms with Gasteiger partial charge >= 0.3 is 5.97 Å². The number of ketones is 1. The summed E-state index contributed by atoms with van der Waals surface area (Å²) in [7, 11) is 0. The van der Waals surface area contributed by atoms with Crippen molar-refractivity contribution in [2.24, 2.45) is 5.92 Å². The molecular formula is C29H33N3O4. The molecule has 3 unspecified atom stereocenters. The average molecular weight is 488 g/mol. The minimum Gasteiger partial charge on any atom is -0.460 e. The third kappa shape index (κ3) is 6.70. The molecule has 1 saturated heterocycles. The lowest BCUT2D eigenvalue weighted by Crippen LogP contribution is -2.48. The van der Waals surface area contributed by atoms with Crippen molar-refractivity contribution in [2.75, 3.05) is 31.5 Å². The molecule has 36 heavy (non-hydrogen) atoms. The lowest BCUT2D eigenvalue weighted by Gasteiger charge is -2.38. The number of nitrogens with zero attached hydrogens (tertiary/aromatic N) is 1. The molecule has 3 atom stereocenters. The Morgan fingerprint density at radius 2 is 1.78 bits per heavy atom. The Kier molecular flexibility index (Phi) is 8.68. The molecular weight excluding hydrogens is 454 g/mol. The van der Waals surface area contributed by atoms with Crippen LogP contribution in [-0.2, 0) is 9.53 Å². The molecule has 1 aliphatic heterocycles. The van der Waals surface area contributed by atoms with Crippen LogP contribution in [0.15, 0.2) is 83.8 Å². The van der Waals surface area contributed by atoms with E-state index in [4.69, 9.17) is 4.74 Å². The number of nitrogens with one attached hydrogen (secondary N) is 2. The molecule has 0 radical (unpaired) electrons. The van der Waals surface area contributed by atoms with Crippen molar-refractivity contribution in [3.05, 3.63) is 100 Å². The number of benzene rings is 2. The number of hydrogen-bond donors (Lipinski definition) is 2. The highest BCUT2D eigenvalue weighted by Crippen LogP contribution is 2.27. The van der Waals surface area contributed by atoms with Gasteiger partial charge in [0.05, 0.1) is 6.54 Å². The second-order valence-electron chi connectivity index (χ2n) is 9.24. The normalized spacial score (nSPS) is 18.8. The number of aromatic nitrogens is 1. The van der Waals surface area contributed by atoms with Gasteiger partial charge in [0.2, 0.25) is 5.56 Å². The molecule has 188 valence electrons. The van der Waals surface area contributed by atoms with E-state index in [1.165, 1.54) is 6.07 Å². The van der Waals surface area contributed by atoms with Crippen molar-refractivity contribution in [2.45, 2.75) is 31.8 Å². The maximum Gasteiger partial charge on any atom is 0.315 e. The summed E-state index contributed by atoms with van der Waals surface area (Å²) in [6, 6.07) is 22.0. The molecule has 7 heteroatoms. The zero-order chi connectivity index (χ0) is 25.3. The molecule has 2 N–H and O–H groups in total. The van der Waals surface area contributed by atoms with Crippen LogP contribution in [0.25, 0.3) is 0 Å². The number of rotatable bonds is 10. The van der Waals surface area contributed by atoms with E-state index in [1.54, 1.807) is 12.3 Å². The van der Waals surface area contributed by atoms with E-state index in [0.717, 1.165) is 25.1 Å². The van der Waals surface area contributed by atoms with E-state index in [-0.39, 0.29) is 29.3 Å². The molecule has 1 aromatic heterocycles. The Morgan fingerprint density at radius 3 is 2.44 bits per heavy atom. The molecule has 0 saturated carbocycles. The van der Waals surface area contributed by atoms with Gasteiger partial charge in [-0.2, -0.15) is 0 Å². The fourth-order valence-corrected chi connectivity index (χ4v) is 4.68. The number of H-pyrrole nitrogens is 1. The van der Waals surface area contributed by atoms with E-state index in [1.807, 2.05) is 60.7 Å². The lowest BCUT2D eigenvalue weighted by atomic mass is 9.90. The zero-order valence-corrected chi connectivity index (χ0v) is 20.6.